The Morgan fingerprint density at radius 2 is 0.836 bits per heavy atom. The van der Waals surface area contributed by atoms with Crippen molar-refractivity contribution in [3.63, 3.8) is 0 Å². The molecule has 0 N–H and O–H groups in total. The minimum atomic E-state index is -0.445. The molecule has 10 aromatic rings. The van der Waals surface area contributed by atoms with Gasteiger partial charge in [0, 0.05) is 22.4 Å². The Bertz CT molecular complexity index is 3390. The minimum Gasteiger partial charge on any atom is -0.310 e. The maximum Gasteiger partial charge on any atom is 0.0726 e. The van der Waals surface area contributed by atoms with Crippen LogP contribution >= 0.6 is 0 Å². The summed E-state index contributed by atoms with van der Waals surface area (Å²) in [4.78, 5) is 2.56. The molecule has 0 saturated heterocycles. The Hall–Kier alpha value is -7.48. The van der Waals surface area contributed by atoms with Gasteiger partial charge in [0.05, 0.1) is 11.1 Å². The van der Waals surface area contributed by atoms with Gasteiger partial charge in [-0.3, -0.25) is 0 Å². The summed E-state index contributed by atoms with van der Waals surface area (Å²) in [6.07, 6.45) is 0. The zero-order chi connectivity index (χ0) is 40.5. The van der Waals surface area contributed by atoms with E-state index in [4.69, 9.17) is 0 Å². The lowest BCUT2D eigenvalue weighted by Crippen LogP contribution is -2.26. The van der Waals surface area contributed by atoms with Crippen LogP contribution in [0.15, 0.2) is 212 Å². The smallest absolute Gasteiger partial charge is 0.0726 e. The molecule has 61 heavy (non-hydrogen) atoms. The van der Waals surface area contributed by atoms with E-state index in [1.165, 1.54) is 105 Å². The van der Waals surface area contributed by atoms with Crippen molar-refractivity contribution in [1.29, 1.82) is 0 Å². The van der Waals surface area contributed by atoms with Gasteiger partial charge in [0.25, 0.3) is 0 Å². The monoisotopic (exact) mass is 775 g/mol. The van der Waals surface area contributed by atoms with Gasteiger partial charge < -0.3 is 4.90 Å². The minimum absolute atomic E-state index is 0.188. The third-order valence-electron chi connectivity index (χ3n) is 14.2. The fraction of sp³-hybridized carbons (Fsp3) is 0.0667. The van der Waals surface area contributed by atoms with Gasteiger partial charge in [-0.1, -0.05) is 196 Å². The SMILES string of the molecule is CC1(C)c2ccccc2-c2c(N(c3ccc(-c4cccc5ccccc45)cc3)c3ccc4c(c3)C3(c5ccccc5-c5ccccc53)c3ccccc3-4)cc3ccccc3c21. The van der Waals surface area contributed by atoms with Crippen LogP contribution in [0.3, 0.4) is 0 Å². The van der Waals surface area contributed by atoms with Crippen LogP contribution in [-0.2, 0) is 10.8 Å². The Morgan fingerprint density at radius 3 is 1.51 bits per heavy atom. The zero-order valence-corrected chi connectivity index (χ0v) is 34.2. The van der Waals surface area contributed by atoms with Crippen molar-refractivity contribution in [2.45, 2.75) is 24.7 Å². The quantitative estimate of drug-likeness (QED) is 0.172. The van der Waals surface area contributed by atoms with Crippen LogP contribution < -0.4 is 4.90 Å². The Labute approximate surface area is 356 Å². The van der Waals surface area contributed by atoms with Gasteiger partial charge >= 0.3 is 0 Å². The van der Waals surface area contributed by atoms with Crippen LogP contribution in [0.5, 0.6) is 0 Å². The number of benzene rings is 10. The van der Waals surface area contributed by atoms with Crippen LogP contribution in [0.25, 0.3) is 66.1 Å². The molecule has 10 aromatic carbocycles. The van der Waals surface area contributed by atoms with Crippen LogP contribution in [-0.4, -0.2) is 0 Å². The lowest BCUT2D eigenvalue weighted by Gasteiger charge is -2.33. The largest absolute Gasteiger partial charge is 0.310 e. The number of hydrogen-bond acceptors (Lipinski definition) is 1. The van der Waals surface area contributed by atoms with E-state index in [1.807, 2.05) is 0 Å². The summed E-state index contributed by atoms with van der Waals surface area (Å²) < 4.78 is 0. The first-order valence-corrected chi connectivity index (χ1v) is 21.5. The fourth-order valence-electron chi connectivity index (χ4n) is 11.7. The second-order valence-electron chi connectivity index (χ2n) is 17.6. The van der Waals surface area contributed by atoms with Gasteiger partial charge in [0.2, 0.25) is 0 Å². The van der Waals surface area contributed by atoms with Crippen molar-refractivity contribution in [3.05, 3.63) is 246 Å². The molecular formula is C60H41N. The van der Waals surface area contributed by atoms with Crippen LogP contribution in [0, 0.1) is 0 Å². The predicted molar refractivity (Wildman–Crippen MR) is 255 cm³/mol. The van der Waals surface area contributed by atoms with Crippen molar-refractivity contribution in [2.24, 2.45) is 0 Å². The van der Waals surface area contributed by atoms with E-state index >= 15 is 0 Å². The molecule has 13 rings (SSSR count). The Kier molecular flexibility index (Phi) is 7.06. The first-order chi connectivity index (χ1) is 30.0. The average molecular weight is 776 g/mol. The maximum absolute atomic E-state index is 2.56. The molecule has 1 spiro atoms. The molecule has 1 heteroatoms. The highest BCUT2D eigenvalue weighted by Gasteiger charge is 2.52. The molecule has 0 aliphatic heterocycles. The number of nitrogens with zero attached hydrogens (tertiary/aromatic N) is 1. The molecule has 0 bridgehead atoms. The van der Waals surface area contributed by atoms with E-state index < -0.39 is 5.41 Å². The summed E-state index contributed by atoms with van der Waals surface area (Å²) in [6.45, 7) is 4.81. The van der Waals surface area contributed by atoms with Gasteiger partial charge in [-0.15, -0.1) is 0 Å². The van der Waals surface area contributed by atoms with Crippen molar-refractivity contribution < 1.29 is 0 Å². The highest BCUT2D eigenvalue weighted by atomic mass is 15.1. The molecule has 0 fully saturated rings. The molecule has 3 aliphatic carbocycles. The van der Waals surface area contributed by atoms with E-state index in [9.17, 15) is 0 Å². The summed E-state index contributed by atoms with van der Waals surface area (Å²) in [5, 5.41) is 5.08. The van der Waals surface area contributed by atoms with Gasteiger partial charge in [-0.25, -0.2) is 0 Å². The molecular weight excluding hydrogens is 735 g/mol. The van der Waals surface area contributed by atoms with Gasteiger partial charge in [-0.05, 0) is 124 Å². The molecule has 0 amide bonds. The second-order valence-corrected chi connectivity index (χ2v) is 17.6. The fourth-order valence-corrected chi connectivity index (χ4v) is 11.7. The maximum atomic E-state index is 2.56. The molecule has 1 nitrogen and oxygen atoms in total. The molecule has 286 valence electrons. The summed E-state index contributed by atoms with van der Waals surface area (Å²) in [5.74, 6) is 0. The van der Waals surface area contributed by atoms with Crippen molar-refractivity contribution in [1.82, 2.24) is 0 Å². The van der Waals surface area contributed by atoms with E-state index in [0.717, 1.165) is 11.4 Å². The third-order valence-corrected chi connectivity index (χ3v) is 14.2. The second kappa shape index (κ2) is 12.5. The van der Waals surface area contributed by atoms with Gasteiger partial charge in [0.15, 0.2) is 0 Å². The summed E-state index contributed by atoms with van der Waals surface area (Å²) >= 11 is 0. The lowest BCUT2D eigenvalue weighted by molar-refractivity contribution is 0.666. The number of fused-ring (bicyclic) bond motifs is 16. The molecule has 0 heterocycles. The van der Waals surface area contributed by atoms with E-state index in [1.54, 1.807) is 0 Å². The summed E-state index contributed by atoms with van der Waals surface area (Å²) in [6, 6.07) is 79.7. The topological polar surface area (TPSA) is 3.24 Å². The standard InChI is InChI=1S/C60H41N/c1-59(2)51-26-11-10-24-50(51)57-56(36-40-17-4-6-20-45(40)58(57)59)61(41-32-30-39(31-33-41)44-25-15-18-38-16-3-5-19-43(38)44)42-34-35-49-48-23-9-14-29-54(48)60(55(49)37-42)52-27-12-7-21-46(52)47-22-8-13-28-53(47)60/h3-37H,1-2H3. The van der Waals surface area contributed by atoms with Crippen molar-refractivity contribution in [3.8, 4) is 44.5 Å². The molecule has 0 atom stereocenters. The molecule has 0 radical (unpaired) electrons. The van der Waals surface area contributed by atoms with E-state index in [0.29, 0.717) is 0 Å². The van der Waals surface area contributed by atoms with Gasteiger partial charge in [-0.2, -0.15) is 0 Å². The number of rotatable bonds is 4. The average Bonchev–Trinajstić information content (AvgIpc) is 3.88. The van der Waals surface area contributed by atoms with Crippen molar-refractivity contribution >= 4 is 38.6 Å². The number of anilines is 3. The zero-order valence-electron chi connectivity index (χ0n) is 34.2. The first-order valence-electron chi connectivity index (χ1n) is 21.5. The molecule has 0 aromatic heterocycles. The van der Waals surface area contributed by atoms with E-state index in [2.05, 4.69) is 231 Å². The third kappa shape index (κ3) is 4.56. The van der Waals surface area contributed by atoms with Crippen molar-refractivity contribution in [2.75, 3.05) is 4.90 Å². The molecule has 0 saturated carbocycles. The highest BCUT2D eigenvalue weighted by Crippen LogP contribution is 2.64. The highest BCUT2D eigenvalue weighted by molar-refractivity contribution is 6.07. The van der Waals surface area contributed by atoms with Gasteiger partial charge in [0.1, 0.15) is 0 Å². The first kappa shape index (κ1) is 34.4. The lowest BCUT2D eigenvalue weighted by atomic mass is 9.70. The van der Waals surface area contributed by atoms with E-state index in [-0.39, 0.29) is 5.41 Å². The van der Waals surface area contributed by atoms with Crippen LogP contribution in [0.1, 0.15) is 47.2 Å². The number of hydrogen-bond donors (Lipinski definition) is 0. The van der Waals surface area contributed by atoms with Crippen LogP contribution in [0.4, 0.5) is 17.1 Å². The van der Waals surface area contributed by atoms with Crippen LogP contribution in [0.2, 0.25) is 0 Å². The Morgan fingerprint density at radius 1 is 0.344 bits per heavy atom. The summed E-state index contributed by atoms with van der Waals surface area (Å²) in [7, 11) is 0. The molecule has 3 aliphatic rings. The molecule has 0 unspecified atom stereocenters. The Balaban J connectivity index is 1.11. The predicted octanol–water partition coefficient (Wildman–Crippen LogP) is 15.8. The normalized spacial score (nSPS) is 14.3. The summed E-state index contributed by atoms with van der Waals surface area (Å²) in [5.41, 5.74) is 21.3.